The SMILES string of the molecule is CS(=O)(=O)N[C@@H]1CCN(CCCCC(F)(F)F)C1. The summed E-state index contributed by atoms with van der Waals surface area (Å²) in [6, 6.07) is -0.109. The van der Waals surface area contributed by atoms with Gasteiger partial charge in [0.1, 0.15) is 0 Å². The van der Waals surface area contributed by atoms with E-state index >= 15 is 0 Å². The highest BCUT2D eigenvalue weighted by molar-refractivity contribution is 7.88. The average molecular weight is 288 g/mol. The van der Waals surface area contributed by atoms with E-state index in [-0.39, 0.29) is 12.5 Å². The number of hydrogen-bond donors (Lipinski definition) is 1. The maximum absolute atomic E-state index is 11.9. The van der Waals surface area contributed by atoms with Gasteiger partial charge in [-0.25, -0.2) is 13.1 Å². The van der Waals surface area contributed by atoms with Crippen LogP contribution < -0.4 is 4.72 Å². The molecule has 1 rings (SSSR count). The number of nitrogens with zero attached hydrogens (tertiary/aromatic N) is 1. The molecule has 0 saturated carbocycles. The van der Waals surface area contributed by atoms with Crippen molar-refractivity contribution in [2.24, 2.45) is 0 Å². The van der Waals surface area contributed by atoms with Crippen molar-refractivity contribution in [3.8, 4) is 0 Å². The summed E-state index contributed by atoms with van der Waals surface area (Å²) in [6.07, 6.45) is -2.38. The molecule has 0 spiro atoms. The van der Waals surface area contributed by atoms with Gasteiger partial charge in [0.25, 0.3) is 0 Å². The van der Waals surface area contributed by atoms with E-state index in [0.717, 1.165) is 12.8 Å². The predicted molar refractivity (Wildman–Crippen MR) is 62.7 cm³/mol. The maximum Gasteiger partial charge on any atom is 0.389 e. The summed E-state index contributed by atoms with van der Waals surface area (Å²) in [7, 11) is -3.20. The summed E-state index contributed by atoms with van der Waals surface area (Å²) < 4.78 is 60.3. The Balaban J connectivity index is 2.15. The van der Waals surface area contributed by atoms with E-state index in [2.05, 4.69) is 4.72 Å². The van der Waals surface area contributed by atoms with Crippen LogP contribution in [0.5, 0.6) is 0 Å². The Labute approximate surface area is 106 Å². The number of unbranched alkanes of at least 4 members (excludes halogenated alkanes) is 1. The van der Waals surface area contributed by atoms with Gasteiger partial charge in [0.2, 0.25) is 10.0 Å². The largest absolute Gasteiger partial charge is 0.389 e. The molecule has 0 aromatic rings. The standard InChI is InChI=1S/C10H19F3N2O2S/c1-18(16,17)14-9-4-7-15(8-9)6-3-2-5-10(11,12)13/h9,14H,2-8H2,1H3/t9-/m1/s1. The Hall–Kier alpha value is -0.340. The molecule has 0 aromatic heterocycles. The Morgan fingerprint density at radius 1 is 1.33 bits per heavy atom. The average Bonchev–Trinajstić information content (AvgIpc) is 2.56. The minimum Gasteiger partial charge on any atom is -0.302 e. The highest BCUT2D eigenvalue weighted by atomic mass is 32.2. The van der Waals surface area contributed by atoms with Crippen molar-refractivity contribution >= 4 is 10.0 Å². The van der Waals surface area contributed by atoms with Gasteiger partial charge in [-0.3, -0.25) is 0 Å². The van der Waals surface area contributed by atoms with Crippen LogP contribution in [0.2, 0.25) is 0 Å². The monoisotopic (exact) mass is 288 g/mol. The van der Waals surface area contributed by atoms with Crippen molar-refractivity contribution in [1.29, 1.82) is 0 Å². The molecule has 0 bridgehead atoms. The van der Waals surface area contributed by atoms with E-state index in [1.807, 2.05) is 4.90 Å². The lowest BCUT2D eigenvalue weighted by molar-refractivity contribution is -0.135. The molecule has 1 N–H and O–H groups in total. The van der Waals surface area contributed by atoms with Gasteiger partial charge in [0.15, 0.2) is 0 Å². The van der Waals surface area contributed by atoms with Crippen LogP contribution in [-0.4, -0.2) is 51.4 Å². The lowest BCUT2D eigenvalue weighted by atomic mass is 10.2. The van der Waals surface area contributed by atoms with Gasteiger partial charge in [-0.2, -0.15) is 13.2 Å². The molecule has 1 aliphatic heterocycles. The zero-order valence-corrected chi connectivity index (χ0v) is 11.1. The van der Waals surface area contributed by atoms with Crippen LogP contribution in [0.1, 0.15) is 25.7 Å². The van der Waals surface area contributed by atoms with Crippen molar-refractivity contribution in [2.75, 3.05) is 25.9 Å². The van der Waals surface area contributed by atoms with Gasteiger partial charge in [0.05, 0.1) is 6.26 Å². The summed E-state index contributed by atoms with van der Waals surface area (Å²) >= 11 is 0. The first-order chi connectivity index (χ1) is 8.16. The first-order valence-electron chi connectivity index (χ1n) is 5.92. The molecule has 8 heteroatoms. The highest BCUT2D eigenvalue weighted by Crippen LogP contribution is 2.22. The van der Waals surface area contributed by atoms with E-state index in [4.69, 9.17) is 0 Å². The number of hydrogen-bond acceptors (Lipinski definition) is 3. The molecular formula is C10H19F3N2O2S. The lowest BCUT2D eigenvalue weighted by Gasteiger charge is -2.16. The molecule has 0 radical (unpaired) electrons. The van der Waals surface area contributed by atoms with Crippen molar-refractivity contribution in [3.63, 3.8) is 0 Å². The number of rotatable bonds is 6. The number of sulfonamides is 1. The van der Waals surface area contributed by atoms with Gasteiger partial charge < -0.3 is 4.90 Å². The Bertz CT molecular complexity index is 357. The maximum atomic E-state index is 11.9. The minimum atomic E-state index is -4.08. The van der Waals surface area contributed by atoms with Crippen LogP contribution in [0.3, 0.4) is 0 Å². The Morgan fingerprint density at radius 2 is 2.00 bits per heavy atom. The zero-order valence-electron chi connectivity index (χ0n) is 10.3. The van der Waals surface area contributed by atoms with Gasteiger partial charge in [0, 0.05) is 19.0 Å². The topological polar surface area (TPSA) is 49.4 Å². The third kappa shape index (κ3) is 7.17. The van der Waals surface area contributed by atoms with Crippen LogP contribution in [-0.2, 0) is 10.0 Å². The second-order valence-corrected chi connectivity index (χ2v) is 6.53. The third-order valence-corrected chi connectivity index (χ3v) is 3.60. The summed E-state index contributed by atoms with van der Waals surface area (Å²) in [6.45, 7) is 1.91. The van der Waals surface area contributed by atoms with Crippen molar-refractivity contribution in [1.82, 2.24) is 9.62 Å². The molecule has 0 aromatic carbocycles. The molecule has 4 nitrogen and oxygen atoms in total. The summed E-state index contributed by atoms with van der Waals surface area (Å²) in [5.41, 5.74) is 0. The zero-order chi connectivity index (χ0) is 13.8. The fraction of sp³-hybridized carbons (Fsp3) is 1.00. The lowest BCUT2D eigenvalue weighted by Crippen LogP contribution is -2.36. The number of halogens is 3. The van der Waals surface area contributed by atoms with Crippen LogP contribution in [0.4, 0.5) is 13.2 Å². The molecular weight excluding hydrogens is 269 g/mol. The van der Waals surface area contributed by atoms with Crippen LogP contribution in [0, 0.1) is 0 Å². The molecule has 1 aliphatic rings. The predicted octanol–water partition coefficient (Wildman–Crippen LogP) is 1.34. The molecule has 18 heavy (non-hydrogen) atoms. The normalized spacial score (nSPS) is 22.6. The Kier molecular flexibility index (Phi) is 5.42. The quantitative estimate of drug-likeness (QED) is 0.750. The molecule has 1 fully saturated rings. The summed E-state index contributed by atoms with van der Waals surface area (Å²) in [5.74, 6) is 0. The number of likely N-dealkylation sites (tertiary alicyclic amines) is 1. The van der Waals surface area contributed by atoms with Crippen molar-refractivity contribution < 1.29 is 21.6 Å². The second kappa shape index (κ2) is 6.21. The van der Waals surface area contributed by atoms with Gasteiger partial charge in [-0.1, -0.05) is 0 Å². The van der Waals surface area contributed by atoms with E-state index in [0.29, 0.717) is 25.9 Å². The molecule has 0 amide bonds. The van der Waals surface area contributed by atoms with Gasteiger partial charge in [-0.15, -0.1) is 0 Å². The molecule has 0 aliphatic carbocycles. The molecule has 1 heterocycles. The van der Waals surface area contributed by atoms with Crippen LogP contribution in [0.25, 0.3) is 0 Å². The molecule has 1 atom stereocenters. The fourth-order valence-corrected chi connectivity index (χ4v) is 2.89. The van der Waals surface area contributed by atoms with Gasteiger partial charge in [-0.05, 0) is 32.4 Å². The second-order valence-electron chi connectivity index (χ2n) is 4.75. The van der Waals surface area contributed by atoms with Crippen molar-refractivity contribution in [2.45, 2.75) is 37.9 Å². The first-order valence-corrected chi connectivity index (χ1v) is 7.81. The molecule has 1 saturated heterocycles. The smallest absolute Gasteiger partial charge is 0.302 e. The summed E-state index contributed by atoms with van der Waals surface area (Å²) in [4.78, 5) is 2.00. The van der Waals surface area contributed by atoms with Gasteiger partial charge >= 0.3 is 6.18 Å². The molecule has 0 unspecified atom stereocenters. The highest BCUT2D eigenvalue weighted by Gasteiger charge is 2.27. The van der Waals surface area contributed by atoms with E-state index < -0.39 is 22.6 Å². The summed E-state index contributed by atoms with van der Waals surface area (Å²) in [5, 5.41) is 0. The first kappa shape index (κ1) is 15.7. The molecule has 108 valence electrons. The third-order valence-electron chi connectivity index (χ3n) is 2.84. The van der Waals surface area contributed by atoms with E-state index in [9.17, 15) is 21.6 Å². The Morgan fingerprint density at radius 3 is 2.56 bits per heavy atom. The van der Waals surface area contributed by atoms with Crippen LogP contribution in [0.15, 0.2) is 0 Å². The fourth-order valence-electron chi connectivity index (χ4n) is 2.10. The van der Waals surface area contributed by atoms with Crippen molar-refractivity contribution in [3.05, 3.63) is 0 Å². The minimum absolute atomic E-state index is 0.109. The number of nitrogens with one attached hydrogen (secondary N) is 1. The number of alkyl halides is 3. The van der Waals surface area contributed by atoms with E-state index in [1.54, 1.807) is 0 Å². The van der Waals surface area contributed by atoms with E-state index in [1.165, 1.54) is 0 Å². The van der Waals surface area contributed by atoms with Crippen LogP contribution >= 0.6 is 0 Å².